The predicted molar refractivity (Wildman–Crippen MR) is 75.8 cm³/mol. The van der Waals surface area contributed by atoms with E-state index in [0.29, 0.717) is 5.95 Å². The van der Waals surface area contributed by atoms with Gasteiger partial charge >= 0.3 is 6.18 Å². The highest BCUT2D eigenvalue weighted by Gasteiger charge is 2.30. The minimum atomic E-state index is -4.52. The van der Waals surface area contributed by atoms with Crippen molar-refractivity contribution < 1.29 is 26.9 Å². The van der Waals surface area contributed by atoms with Crippen LogP contribution in [0.5, 0.6) is 0 Å². The molecule has 10 heteroatoms. The minimum Gasteiger partial charge on any atom is -0.344 e. The smallest absolute Gasteiger partial charge is 0.344 e. The number of carbonyl (C=O) groups is 1. The van der Waals surface area contributed by atoms with Crippen molar-refractivity contribution in [3.63, 3.8) is 0 Å². The number of rotatable bonds is 5. The predicted octanol–water partition coefficient (Wildman–Crippen LogP) is 2.48. The highest BCUT2D eigenvalue weighted by Crippen LogP contribution is 2.30. The largest absolute Gasteiger partial charge is 0.416 e. The standard InChI is InChI=1S/C14H14F4N4O2/c1-22(2)13-20-10(24-21-13)7-19-12(23)11(15)8-3-5-9(6-4-8)14(16,17)18/h3-6,11H,7H2,1-2H3,(H,19,23). The topological polar surface area (TPSA) is 71.3 Å². The van der Waals surface area contributed by atoms with E-state index in [-0.39, 0.29) is 18.0 Å². The fourth-order valence-electron chi connectivity index (χ4n) is 1.74. The summed E-state index contributed by atoms with van der Waals surface area (Å²) in [4.78, 5) is 17.2. The number of benzene rings is 1. The van der Waals surface area contributed by atoms with Crippen LogP contribution in [0.15, 0.2) is 28.8 Å². The molecule has 0 saturated heterocycles. The van der Waals surface area contributed by atoms with Crippen LogP contribution in [0.4, 0.5) is 23.5 Å². The first-order chi connectivity index (χ1) is 11.2. The van der Waals surface area contributed by atoms with Crippen LogP contribution >= 0.6 is 0 Å². The van der Waals surface area contributed by atoms with E-state index in [4.69, 9.17) is 4.52 Å². The van der Waals surface area contributed by atoms with E-state index in [1.54, 1.807) is 19.0 Å². The summed E-state index contributed by atoms with van der Waals surface area (Å²) in [5, 5.41) is 5.86. The van der Waals surface area contributed by atoms with Crippen LogP contribution in [0.3, 0.4) is 0 Å². The average molecular weight is 346 g/mol. The maximum Gasteiger partial charge on any atom is 0.416 e. The van der Waals surface area contributed by atoms with E-state index < -0.39 is 23.8 Å². The molecule has 0 fully saturated rings. The van der Waals surface area contributed by atoms with Gasteiger partial charge in [-0.25, -0.2) is 4.39 Å². The highest BCUT2D eigenvalue weighted by atomic mass is 19.4. The van der Waals surface area contributed by atoms with Crippen LogP contribution in [-0.4, -0.2) is 30.1 Å². The Labute approximate surface area is 134 Å². The van der Waals surface area contributed by atoms with Gasteiger partial charge in [0.05, 0.1) is 12.1 Å². The number of hydrogen-bond donors (Lipinski definition) is 1. The van der Waals surface area contributed by atoms with E-state index in [2.05, 4.69) is 15.5 Å². The molecule has 130 valence electrons. The first-order valence-corrected chi connectivity index (χ1v) is 6.77. The first-order valence-electron chi connectivity index (χ1n) is 6.77. The minimum absolute atomic E-state index is 0.0756. The summed E-state index contributed by atoms with van der Waals surface area (Å²) in [6.45, 7) is -0.194. The van der Waals surface area contributed by atoms with Crippen molar-refractivity contribution in [2.75, 3.05) is 19.0 Å². The van der Waals surface area contributed by atoms with Gasteiger partial charge in [-0.3, -0.25) is 4.79 Å². The second-order valence-corrected chi connectivity index (χ2v) is 5.08. The van der Waals surface area contributed by atoms with Crippen LogP contribution < -0.4 is 10.2 Å². The Morgan fingerprint density at radius 2 is 1.92 bits per heavy atom. The molecule has 2 aromatic rings. The second kappa shape index (κ2) is 6.85. The van der Waals surface area contributed by atoms with Crippen LogP contribution in [0.25, 0.3) is 0 Å². The van der Waals surface area contributed by atoms with E-state index in [9.17, 15) is 22.4 Å². The van der Waals surface area contributed by atoms with E-state index in [1.807, 2.05) is 0 Å². The summed E-state index contributed by atoms with van der Waals surface area (Å²) < 4.78 is 56.2. The average Bonchev–Trinajstić information content (AvgIpc) is 3.00. The zero-order chi connectivity index (χ0) is 17.9. The molecule has 1 N–H and O–H groups in total. The fraction of sp³-hybridized carbons (Fsp3) is 0.357. The molecule has 0 spiro atoms. The molecule has 0 aliphatic heterocycles. The van der Waals surface area contributed by atoms with Crippen LogP contribution in [-0.2, 0) is 17.5 Å². The molecule has 1 amide bonds. The summed E-state index contributed by atoms with van der Waals surface area (Å²) in [7, 11) is 3.38. The van der Waals surface area contributed by atoms with Crippen LogP contribution in [0, 0.1) is 0 Å². The second-order valence-electron chi connectivity index (χ2n) is 5.08. The van der Waals surface area contributed by atoms with Gasteiger partial charge in [0.15, 0.2) is 0 Å². The SMILES string of the molecule is CN(C)c1noc(CNC(=O)C(F)c2ccc(C(F)(F)F)cc2)n1. The Kier molecular flexibility index (Phi) is 5.05. The third-order valence-corrected chi connectivity index (χ3v) is 3.03. The van der Waals surface area contributed by atoms with Crippen LogP contribution in [0.1, 0.15) is 23.2 Å². The summed E-state index contributed by atoms with van der Waals surface area (Å²) in [6, 6.07) is 3.28. The zero-order valence-corrected chi connectivity index (χ0v) is 12.8. The van der Waals surface area contributed by atoms with Gasteiger partial charge in [0.25, 0.3) is 11.9 Å². The van der Waals surface area contributed by atoms with Gasteiger partial charge in [0.1, 0.15) is 0 Å². The fourth-order valence-corrected chi connectivity index (χ4v) is 1.74. The van der Waals surface area contributed by atoms with Gasteiger partial charge in [-0.1, -0.05) is 12.1 Å². The molecular weight excluding hydrogens is 332 g/mol. The van der Waals surface area contributed by atoms with E-state index in [0.717, 1.165) is 24.3 Å². The number of amides is 1. The molecule has 0 radical (unpaired) electrons. The molecule has 0 bridgehead atoms. The summed E-state index contributed by atoms with van der Waals surface area (Å²) in [5.41, 5.74) is -1.10. The van der Waals surface area contributed by atoms with Crippen molar-refractivity contribution in [1.82, 2.24) is 15.5 Å². The van der Waals surface area contributed by atoms with Crippen molar-refractivity contribution >= 4 is 11.9 Å². The molecule has 1 atom stereocenters. The van der Waals surface area contributed by atoms with Gasteiger partial charge in [-0.2, -0.15) is 18.2 Å². The molecule has 0 saturated carbocycles. The third kappa shape index (κ3) is 4.21. The maximum atomic E-state index is 14.0. The molecule has 1 aromatic heterocycles. The number of nitrogens with one attached hydrogen (secondary N) is 1. The summed E-state index contributed by atoms with van der Waals surface area (Å²) >= 11 is 0. The number of hydrogen-bond acceptors (Lipinski definition) is 5. The number of alkyl halides is 4. The van der Waals surface area contributed by atoms with Gasteiger partial charge in [-0.15, -0.1) is 0 Å². The molecular formula is C14H14F4N4O2. The van der Waals surface area contributed by atoms with Crippen molar-refractivity contribution in [1.29, 1.82) is 0 Å². The van der Waals surface area contributed by atoms with Crippen molar-refractivity contribution in [2.45, 2.75) is 18.9 Å². The molecule has 6 nitrogen and oxygen atoms in total. The molecule has 1 aromatic carbocycles. The lowest BCUT2D eigenvalue weighted by Gasteiger charge is -2.10. The lowest BCUT2D eigenvalue weighted by atomic mass is 10.1. The van der Waals surface area contributed by atoms with Crippen molar-refractivity contribution in [3.05, 3.63) is 41.3 Å². The first kappa shape index (κ1) is 17.7. The Bertz CT molecular complexity index is 698. The monoisotopic (exact) mass is 346 g/mol. The van der Waals surface area contributed by atoms with Crippen molar-refractivity contribution in [2.24, 2.45) is 0 Å². The third-order valence-electron chi connectivity index (χ3n) is 3.03. The molecule has 0 aliphatic rings. The number of anilines is 1. The summed E-state index contributed by atoms with van der Waals surface area (Å²) in [5.74, 6) is -0.648. The van der Waals surface area contributed by atoms with Crippen molar-refractivity contribution in [3.8, 4) is 0 Å². The zero-order valence-electron chi connectivity index (χ0n) is 12.8. The highest BCUT2D eigenvalue weighted by molar-refractivity contribution is 5.81. The lowest BCUT2D eigenvalue weighted by molar-refractivity contribution is -0.137. The Morgan fingerprint density at radius 3 is 2.42 bits per heavy atom. The number of nitrogens with zero attached hydrogens (tertiary/aromatic N) is 3. The molecule has 2 rings (SSSR count). The van der Waals surface area contributed by atoms with E-state index in [1.165, 1.54) is 0 Å². The lowest BCUT2D eigenvalue weighted by Crippen LogP contribution is -2.27. The van der Waals surface area contributed by atoms with Gasteiger partial charge in [-0.05, 0) is 22.9 Å². The van der Waals surface area contributed by atoms with Gasteiger partial charge in [0.2, 0.25) is 12.1 Å². The Hall–Kier alpha value is -2.65. The number of carbonyl (C=O) groups excluding carboxylic acids is 1. The molecule has 1 heterocycles. The maximum absolute atomic E-state index is 14.0. The van der Waals surface area contributed by atoms with Gasteiger partial charge < -0.3 is 14.7 Å². The summed E-state index contributed by atoms with van der Waals surface area (Å²) in [6.07, 6.45) is -6.63. The quantitative estimate of drug-likeness (QED) is 0.842. The van der Waals surface area contributed by atoms with Gasteiger partial charge in [0, 0.05) is 14.1 Å². The Balaban J connectivity index is 1.96. The molecule has 24 heavy (non-hydrogen) atoms. The van der Waals surface area contributed by atoms with Crippen LogP contribution in [0.2, 0.25) is 0 Å². The normalized spacial score (nSPS) is 12.8. The number of aromatic nitrogens is 2. The molecule has 1 unspecified atom stereocenters. The Morgan fingerprint density at radius 1 is 1.29 bits per heavy atom. The van der Waals surface area contributed by atoms with E-state index >= 15 is 0 Å². The number of halogens is 4. The molecule has 0 aliphatic carbocycles.